The molecule has 152 valence electrons. The Morgan fingerprint density at radius 3 is 1.52 bits per heavy atom. The van der Waals surface area contributed by atoms with Gasteiger partial charge in [-0.1, -0.05) is 90.8 Å². The van der Waals surface area contributed by atoms with E-state index in [4.69, 9.17) is 5.11 Å². The molecule has 0 saturated carbocycles. The van der Waals surface area contributed by atoms with Gasteiger partial charge in [0.15, 0.2) is 0 Å². The minimum Gasteiger partial charge on any atom is -0.397 e. The van der Waals surface area contributed by atoms with Crippen LogP contribution in [0.2, 0.25) is 0 Å². The molecule has 0 radical (unpaired) electrons. The number of aliphatic hydroxyl groups excluding tert-OH is 1. The van der Waals surface area contributed by atoms with Crippen LogP contribution in [0.4, 0.5) is 0 Å². The summed E-state index contributed by atoms with van der Waals surface area (Å²) in [6.45, 7) is 20.7. The van der Waals surface area contributed by atoms with Gasteiger partial charge in [0, 0.05) is 20.3 Å². The van der Waals surface area contributed by atoms with Crippen LogP contribution >= 0.6 is 0 Å². The average Bonchev–Trinajstić information content (AvgIpc) is 2.71. The van der Waals surface area contributed by atoms with Crippen molar-refractivity contribution >= 4 is 0 Å². The standard InChI is InChI=1S/C10H12.C4H10.C3H8O.C2H6O.2C2H6/c1-2-3-7-10-8-5-4-6-9-10;2*1-3-4-2;1-2-3;2*1-2/h2,4-6,8-9H,1,3,7H2;3-4H2,1-2H3;3H2,1-2H3;3H,2H2,1H3;2*1-2H3. The zero-order valence-electron chi connectivity index (χ0n) is 18.8. The molecule has 2 heteroatoms. The Morgan fingerprint density at radius 2 is 1.28 bits per heavy atom. The van der Waals surface area contributed by atoms with Crippen LogP contribution in [0.1, 0.15) is 80.2 Å². The highest BCUT2D eigenvalue weighted by molar-refractivity contribution is 5.14. The molecule has 0 heterocycles. The van der Waals surface area contributed by atoms with Crippen molar-refractivity contribution in [1.29, 1.82) is 0 Å². The summed E-state index contributed by atoms with van der Waals surface area (Å²) in [5, 5.41) is 7.57. The van der Waals surface area contributed by atoms with E-state index in [1.165, 1.54) is 18.4 Å². The zero-order chi connectivity index (χ0) is 20.8. The Bertz CT molecular complexity index is 250. The third-order valence-corrected chi connectivity index (χ3v) is 2.27. The summed E-state index contributed by atoms with van der Waals surface area (Å²) in [4.78, 5) is 0. The van der Waals surface area contributed by atoms with E-state index in [-0.39, 0.29) is 6.61 Å². The molecule has 0 aliphatic carbocycles. The first kappa shape index (κ1) is 35.1. The van der Waals surface area contributed by atoms with Crippen molar-refractivity contribution in [2.24, 2.45) is 0 Å². The monoisotopic (exact) mass is 356 g/mol. The van der Waals surface area contributed by atoms with Gasteiger partial charge in [-0.15, -0.1) is 6.58 Å². The van der Waals surface area contributed by atoms with E-state index in [0.717, 1.165) is 19.4 Å². The fraction of sp³-hybridized carbons (Fsp3) is 0.652. The Morgan fingerprint density at radius 1 is 0.920 bits per heavy atom. The number of aryl methyl sites for hydroxylation is 1. The van der Waals surface area contributed by atoms with Crippen molar-refractivity contribution in [3.05, 3.63) is 48.6 Å². The second-order valence-corrected chi connectivity index (χ2v) is 4.21. The van der Waals surface area contributed by atoms with Crippen molar-refractivity contribution in [3.63, 3.8) is 0 Å². The van der Waals surface area contributed by atoms with E-state index >= 15 is 0 Å². The molecule has 0 amide bonds. The molecular weight excluding hydrogens is 308 g/mol. The van der Waals surface area contributed by atoms with E-state index in [1.54, 1.807) is 14.0 Å². The van der Waals surface area contributed by atoms with Crippen molar-refractivity contribution in [1.82, 2.24) is 0 Å². The summed E-state index contributed by atoms with van der Waals surface area (Å²) < 4.78 is 4.54. The maximum atomic E-state index is 7.57. The van der Waals surface area contributed by atoms with Gasteiger partial charge in [0.2, 0.25) is 0 Å². The lowest BCUT2D eigenvalue weighted by atomic mass is 10.1. The quantitative estimate of drug-likeness (QED) is 0.560. The largest absolute Gasteiger partial charge is 0.397 e. The van der Waals surface area contributed by atoms with Crippen LogP contribution < -0.4 is 0 Å². The van der Waals surface area contributed by atoms with Crippen LogP contribution in [0.5, 0.6) is 0 Å². The van der Waals surface area contributed by atoms with Crippen LogP contribution in [0.15, 0.2) is 43.0 Å². The van der Waals surface area contributed by atoms with Crippen LogP contribution in [0.3, 0.4) is 0 Å². The SMILES string of the molecule is C=CCCc1ccccc1.CC.CC.CCCC.CCO.CCOC. The van der Waals surface area contributed by atoms with Gasteiger partial charge in [-0.3, -0.25) is 0 Å². The minimum atomic E-state index is 0.250. The molecule has 0 spiro atoms. The van der Waals surface area contributed by atoms with E-state index in [0.29, 0.717) is 0 Å². The molecule has 0 fully saturated rings. The molecule has 1 aromatic rings. The van der Waals surface area contributed by atoms with Gasteiger partial charge in [0.25, 0.3) is 0 Å². The van der Waals surface area contributed by atoms with Crippen molar-refractivity contribution in [2.45, 2.75) is 81.1 Å². The Labute approximate surface area is 160 Å². The fourth-order valence-electron chi connectivity index (χ4n) is 0.913. The third-order valence-electron chi connectivity index (χ3n) is 2.27. The Kier molecular flexibility index (Phi) is 69.4. The summed E-state index contributed by atoms with van der Waals surface area (Å²) in [5.41, 5.74) is 1.39. The summed E-state index contributed by atoms with van der Waals surface area (Å²) in [7, 11) is 1.68. The van der Waals surface area contributed by atoms with E-state index < -0.39 is 0 Å². The first-order valence-electron chi connectivity index (χ1n) is 9.92. The highest BCUT2D eigenvalue weighted by Gasteiger charge is 1.85. The predicted octanol–water partition coefficient (Wildman–Crippen LogP) is 7.32. The van der Waals surface area contributed by atoms with Crippen molar-refractivity contribution in [2.75, 3.05) is 20.3 Å². The van der Waals surface area contributed by atoms with Crippen LogP contribution in [0, 0.1) is 0 Å². The molecule has 25 heavy (non-hydrogen) atoms. The van der Waals surface area contributed by atoms with E-state index in [1.807, 2.05) is 46.8 Å². The third kappa shape index (κ3) is 60.1. The van der Waals surface area contributed by atoms with Gasteiger partial charge in [-0.25, -0.2) is 0 Å². The topological polar surface area (TPSA) is 29.5 Å². The van der Waals surface area contributed by atoms with Crippen molar-refractivity contribution in [3.8, 4) is 0 Å². The van der Waals surface area contributed by atoms with E-state index in [2.05, 4.69) is 49.4 Å². The highest BCUT2D eigenvalue weighted by atomic mass is 16.5. The molecule has 2 nitrogen and oxygen atoms in total. The van der Waals surface area contributed by atoms with Crippen LogP contribution in [-0.2, 0) is 11.2 Å². The van der Waals surface area contributed by atoms with Gasteiger partial charge in [0.05, 0.1) is 0 Å². The summed E-state index contributed by atoms with van der Waals surface area (Å²) in [6, 6.07) is 10.5. The Balaban J connectivity index is -0.0000000753. The summed E-state index contributed by atoms with van der Waals surface area (Å²) in [6.07, 6.45) is 6.78. The van der Waals surface area contributed by atoms with Gasteiger partial charge in [0.1, 0.15) is 0 Å². The Hall–Kier alpha value is -1.12. The minimum absolute atomic E-state index is 0.250. The second kappa shape index (κ2) is 49.5. The number of ether oxygens (including phenoxy) is 1. The molecular formula is C23H48O2. The van der Waals surface area contributed by atoms with E-state index in [9.17, 15) is 0 Å². The molecule has 0 aromatic heterocycles. The lowest BCUT2D eigenvalue weighted by Crippen LogP contribution is -1.79. The van der Waals surface area contributed by atoms with Crippen LogP contribution in [-0.4, -0.2) is 25.4 Å². The first-order valence-corrected chi connectivity index (χ1v) is 9.92. The van der Waals surface area contributed by atoms with Crippen molar-refractivity contribution < 1.29 is 9.84 Å². The van der Waals surface area contributed by atoms with Gasteiger partial charge in [-0.05, 0) is 32.3 Å². The molecule has 1 rings (SSSR count). The van der Waals surface area contributed by atoms with Gasteiger partial charge >= 0.3 is 0 Å². The van der Waals surface area contributed by atoms with Crippen LogP contribution in [0.25, 0.3) is 0 Å². The molecule has 0 aliphatic rings. The number of unbranched alkanes of at least 4 members (excludes halogenated alkanes) is 1. The number of aliphatic hydroxyl groups is 1. The lowest BCUT2D eigenvalue weighted by Gasteiger charge is -1.94. The summed E-state index contributed by atoms with van der Waals surface area (Å²) in [5.74, 6) is 0. The molecule has 1 N–H and O–H groups in total. The first-order chi connectivity index (χ1) is 12.2. The molecule has 0 bridgehead atoms. The maximum Gasteiger partial charge on any atom is 0.0433 e. The maximum absolute atomic E-state index is 7.57. The normalized spacial score (nSPS) is 7.28. The molecule has 0 unspecified atom stereocenters. The lowest BCUT2D eigenvalue weighted by molar-refractivity contribution is 0.215. The molecule has 1 aromatic carbocycles. The number of hydrogen-bond donors (Lipinski definition) is 1. The number of allylic oxidation sites excluding steroid dienone is 1. The fourth-order valence-corrected chi connectivity index (χ4v) is 0.913. The van der Waals surface area contributed by atoms with Gasteiger partial charge < -0.3 is 9.84 Å². The smallest absolute Gasteiger partial charge is 0.0433 e. The second-order valence-electron chi connectivity index (χ2n) is 4.21. The molecule has 0 aliphatic heterocycles. The summed E-state index contributed by atoms with van der Waals surface area (Å²) >= 11 is 0. The molecule has 0 saturated heterocycles. The zero-order valence-corrected chi connectivity index (χ0v) is 18.8. The van der Waals surface area contributed by atoms with Gasteiger partial charge in [-0.2, -0.15) is 0 Å². The predicted molar refractivity (Wildman–Crippen MR) is 119 cm³/mol. The highest BCUT2D eigenvalue weighted by Crippen LogP contribution is 2.01. The number of methoxy groups -OCH3 is 1. The molecule has 0 atom stereocenters. The number of benzene rings is 1. The number of hydrogen-bond acceptors (Lipinski definition) is 2. The average molecular weight is 357 g/mol. The number of rotatable bonds is 5.